The summed E-state index contributed by atoms with van der Waals surface area (Å²) >= 11 is 3.20. The third-order valence-electron chi connectivity index (χ3n) is 0.694. The second-order valence-corrected chi connectivity index (χ2v) is 3.62. The van der Waals surface area contributed by atoms with Crippen LogP contribution < -0.4 is 0 Å². The van der Waals surface area contributed by atoms with Crippen LogP contribution in [0.25, 0.3) is 0 Å². The van der Waals surface area contributed by atoms with Gasteiger partial charge in [0.15, 0.2) is 0 Å². The number of nitrogens with zero attached hydrogens (tertiary/aromatic N) is 2. The zero-order valence-electron chi connectivity index (χ0n) is 7.33. The van der Waals surface area contributed by atoms with E-state index in [1.807, 2.05) is 10.8 Å². The molecule has 2 aromatic heterocycles. The molecule has 0 spiro atoms. The van der Waals surface area contributed by atoms with Crippen LogP contribution in [0, 0.1) is 0 Å². The Balaban J connectivity index is 0. The quantitative estimate of drug-likeness (QED) is 0.724. The van der Waals surface area contributed by atoms with Gasteiger partial charge in [0.2, 0.25) is 0 Å². The molecule has 9 heteroatoms. The van der Waals surface area contributed by atoms with Gasteiger partial charge in [-0.05, 0) is 0 Å². The highest BCUT2D eigenvalue weighted by Crippen LogP contribution is 1.98. The molecule has 2 N–H and O–H groups in total. The summed E-state index contributed by atoms with van der Waals surface area (Å²) in [6, 6.07) is 0. The molecule has 0 saturated heterocycles. The van der Waals surface area contributed by atoms with Crippen LogP contribution in [-0.2, 0) is 4.57 Å². The van der Waals surface area contributed by atoms with Gasteiger partial charge in [0, 0.05) is 27.7 Å². The maximum Gasteiger partial charge on any atom is 0.692 e. The first-order valence-corrected chi connectivity index (χ1v) is 6.28. The molecule has 0 saturated carbocycles. The Morgan fingerprint density at radius 3 is 1.40 bits per heavy atom. The Bertz CT molecular complexity index is 241. The van der Waals surface area contributed by atoms with E-state index >= 15 is 0 Å². The minimum Gasteiger partial charge on any atom is -0.253 e. The molecule has 0 aliphatic carbocycles. The number of rotatable bonds is 0. The molecule has 0 bridgehead atoms. The van der Waals surface area contributed by atoms with Crippen LogP contribution in [0.5, 0.6) is 0 Å². The average molecular weight is 332 g/mol. The second-order valence-electron chi connectivity index (χ2n) is 1.60. The lowest BCUT2D eigenvalue weighted by molar-refractivity contribution is 0.405. The normalized spacial score (nSPS) is 7.07. The van der Waals surface area contributed by atoms with Crippen molar-refractivity contribution in [2.24, 2.45) is 0 Å². The molecule has 5 nitrogen and oxygen atoms in total. The first kappa shape index (κ1) is 17.2. The highest BCUT2D eigenvalue weighted by molar-refractivity contribution is 8.93. The van der Waals surface area contributed by atoms with Gasteiger partial charge in [-0.1, -0.05) is 0 Å². The Morgan fingerprint density at radius 2 is 1.33 bits per heavy atom. The third kappa shape index (κ3) is 20.0. The Hall–Kier alpha value is -0.240. The molecular formula is C6H9BrN2O3PS2+. The van der Waals surface area contributed by atoms with E-state index in [0.717, 1.165) is 0 Å². The molecule has 0 radical (unpaired) electrons. The van der Waals surface area contributed by atoms with Crippen LogP contribution in [0.3, 0.4) is 0 Å². The van der Waals surface area contributed by atoms with Gasteiger partial charge in [0.05, 0.1) is 11.0 Å². The molecule has 0 aromatic carbocycles. The van der Waals surface area contributed by atoms with Crippen molar-refractivity contribution in [3.63, 3.8) is 0 Å². The van der Waals surface area contributed by atoms with Gasteiger partial charge in [-0.15, -0.1) is 49.4 Å². The molecule has 2 aromatic rings. The summed E-state index contributed by atoms with van der Waals surface area (Å²) in [4.78, 5) is 21.7. The minimum absolute atomic E-state index is 0. The minimum atomic E-state index is -2.87. The van der Waals surface area contributed by atoms with Gasteiger partial charge in [0.1, 0.15) is 0 Å². The van der Waals surface area contributed by atoms with Gasteiger partial charge >= 0.3 is 8.25 Å². The lowest BCUT2D eigenvalue weighted by Gasteiger charge is -1.41. The zero-order chi connectivity index (χ0) is 10.6. The van der Waals surface area contributed by atoms with E-state index in [9.17, 15) is 0 Å². The maximum atomic E-state index is 8.70. The van der Waals surface area contributed by atoms with Crippen molar-refractivity contribution in [3.8, 4) is 0 Å². The van der Waals surface area contributed by atoms with Crippen molar-refractivity contribution < 1.29 is 14.4 Å². The lowest BCUT2D eigenvalue weighted by Crippen LogP contribution is -1.38. The number of thiazole rings is 2. The smallest absolute Gasteiger partial charge is 0.253 e. The summed E-state index contributed by atoms with van der Waals surface area (Å²) < 4.78 is 8.70. The largest absolute Gasteiger partial charge is 0.692 e. The monoisotopic (exact) mass is 331 g/mol. The van der Waals surface area contributed by atoms with Crippen molar-refractivity contribution in [3.05, 3.63) is 34.2 Å². The van der Waals surface area contributed by atoms with Crippen molar-refractivity contribution >= 4 is 47.9 Å². The van der Waals surface area contributed by atoms with E-state index in [-0.39, 0.29) is 17.0 Å². The first-order valence-electron chi connectivity index (χ1n) is 3.22. The molecule has 0 fully saturated rings. The summed E-state index contributed by atoms with van der Waals surface area (Å²) in [7, 11) is -2.87. The van der Waals surface area contributed by atoms with E-state index in [1.165, 1.54) is 0 Å². The van der Waals surface area contributed by atoms with Crippen molar-refractivity contribution in [2.75, 3.05) is 0 Å². The summed E-state index contributed by atoms with van der Waals surface area (Å²) in [5, 5.41) is 3.86. The van der Waals surface area contributed by atoms with Crippen LogP contribution >= 0.6 is 47.9 Å². The van der Waals surface area contributed by atoms with E-state index in [0.29, 0.717) is 0 Å². The molecule has 0 atom stereocenters. The van der Waals surface area contributed by atoms with E-state index < -0.39 is 8.25 Å². The Morgan fingerprint density at radius 1 is 1.00 bits per heavy atom. The van der Waals surface area contributed by atoms with E-state index in [4.69, 9.17) is 14.4 Å². The predicted octanol–water partition coefficient (Wildman–Crippen LogP) is 2.49. The van der Waals surface area contributed by atoms with Gasteiger partial charge in [-0.3, -0.25) is 9.97 Å². The summed E-state index contributed by atoms with van der Waals surface area (Å²) in [6.45, 7) is 0. The highest BCUT2D eigenvalue weighted by Gasteiger charge is 1.93. The number of halogens is 1. The van der Waals surface area contributed by atoms with Crippen molar-refractivity contribution in [1.29, 1.82) is 0 Å². The SMILES string of the molecule is Br.O=[P+](O)O.c1cscn1.c1cscn1. The van der Waals surface area contributed by atoms with Crippen LogP contribution in [-0.4, -0.2) is 19.8 Å². The fraction of sp³-hybridized carbons (Fsp3) is 0. The molecule has 2 heterocycles. The topological polar surface area (TPSA) is 83.3 Å². The molecule has 0 aliphatic heterocycles. The van der Waals surface area contributed by atoms with Crippen LogP contribution in [0.15, 0.2) is 34.2 Å². The molecule has 2 rings (SSSR count). The fourth-order valence-corrected chi connectivity index (χ4v) is 1.05. The van der Waals surface area contributed by atoms with Gasteiger partial charge in [0.25, 0.3) is 0 Å². The van der Waals surface area contributed by atoms with Gasteiger partial charge in [-0.25, -0.2) is 0 Å². The van der Waals surface area contributed by atoms with Crippen LogP contribution in [0.1, 0.15) is 0 Å². The molecule has 0 aliphatic rings. The Labute approximate surface area is 106 Å². The van der Waals surface area contributed by atoms with Crippen molar-refractivity contribution in [2.45, 2.75) is 0 Å². The highest BCUT2D eigenvalue weighted by atomic mass is 79.9. The lowest BCUT2D eigenvalue weighted by atomic mass is 11.0. The molecule has 0 unspecified atom stereocenters. The molecular weight excluding hydrogens is 323 g/mol. The van der Waals surface area contributed by atoms with E-state index in [1.54, 1.807) is 46.1 Å². The fourth-order valence-electron chi connectivity index (χ4n) is 0.351. The van der Waals surface area contributed by atoms with Gasteiger partial charge in [-0.2, -0.15) is 0 Å². The first-order chi connectivity index (χ1) is 6.73. The van der Waals surface area contributed by atoms with Crippen LogP contribution in [0.4, 0.5) is 0 Å². The standard InChI is InChI=1S/2C3H3NS.BrH.HO3P/c2*1-2-5-3-4-1;;1-4(2)3/h2*1-3H;1H;(H-,1,2,3)/p+1. The number of aromatic nitrogens is 2. The summed E-state index contributed by atoms with van der Waals surface area (Å²) in [6.07, 6.45) is 3.54. The second kappa shape index (κ2) is 13.8. The van der Waals surface area contributed by atoms with E-state index in [2.05, 4.69) is 9.97 Å². The molecule has 84 valence electrons. The Kier molecular flexibility index (Phi) is 15.7. The number of hydrogen-bond acceptors (Lipinski definition) is 5. The summed E-state index contributed by atoms with van der Waals surface area (Å²) in [5.74, 6) is 0. The van der Waals surface area contributed by atoms with Crippen molar-refractivity contribution in [1.82, 2.24) is 9.97 Å². The third-order valence-corrected chi connectivity index (χ3v) is 1.74. The van der Waals surface area contributed by atoms with Crippen LogP contribution in [0.2, 0.25) is 0 Å². The van der Waals surface area contributed by atoms with Gasteiger partial charge < -0.3 is 0 Å². The summed E-state index contributed by atoms with van der Waals surface area (Å²) in [5.41, 5.74) is 3.58. The zero-order valence-corrected chi connectivity index (χ0v) is 11.6. The molecule has 15 heavy (non-hydrogen) atoms. The molecule has 0 amide bonds. The predicted molar refractivity (Wildman–Crippen MR) is 66.6 cm³/mol. The maximum absolute atomic E-state index is 8.70. The average Bonchev–Trinajstić information content (AvgIpc) is 2.83. The number of hydrogen-bond donors (Lipinski definition) is 2.